The van der Waals surface area contributed by atoms with Gasteiger partial charge in [0.15, 0.2) is 0 Å². The summed E-state index contributed by atoms with van der Waals surface area (Å²) < 4.78 is 1.33. The predicted molar refractivity (Wildman–Crippen MR) is 71.2 cm³/mol. The van der Waals surface area contributed by atoms with E-state index >= 15 is 0 Å². The Hall–Kier alpha value is -3.07. The van der Waals surface area contributed by atoms with Crippen LogP contribution in [0.1, 0.15) is 16.1 Å². The average Bonchev–Trinajstić information content (AvgIpc) is 2.86. The number of nitrogens with zero attached hydrogens (tertiary/aromatic N) is 2. The fourth-order valence-corrected chi connectivity index (χ4v) is 1.78. The second-order valence-electron chi connectivity index (χ2n) is 4.03. The summed E-state index contributed by atoms with van der Waals surface area (Å²) in [5.74, 6) is -1.49. The van der Waals surface area contributed by atoms with Crippen LogP contribution in [-0.2, 0) is 11.3 Å². The summed E-state index contributed by atoms with van der Waals surface area (Å²) >= 11 is 0. The summed E-state index contributed by atoms with van der Waals surface area (Å²) in [4.78, 5) is 22.8. The molecular weight excluding hydrogens is 258 g/mol. The van der Waals surface area contributed by atoms with Crippen molar-refractivity contribution < 1.29 is 14.7 Å². The molecule has 1 amide bonds. The van der Waals surface area contributed by atoms with Crippen molar-refractivity contribution >= 4 is 17.6 Å². The van der Waals surface area contributed by atoms with E-state index in [0.29, 0.717) is 11.3 Å². The van der Waals surface area contributed by atoms with Crippen LogP contribution in [0.2, 0.25) is 0 Å². The SMILES string of the molecule is N#Cc1ccccc1NC(=O)c1cccn1CC(=O)O. The van der Waals surface area contributed by atoms with E-state index in [4.69, 9.17) is 10.4 Å². The molecule has 0 aliphatic rings. The maximum absolute atomic E-state index is 12.1. The van der Waals surface area contributed by atoms with E-state index in [1.165, 1.54) is 16.8 Å². The zero-order valence-electron chi connectivity index (χ0n) is 10.4. The van der Waals surface area contributed by atoms with E-state index in [1.807, 2.05) is 6.07 Å². The molecule has 6 heteroatoms. The summed E-state index contributed by atoms with van der Waals surface area (Å²) in [6.07, 6.45) is 1.51. The van der Waals surface area contributed by atoms with Crippen molar-refractivity contribution in [3.63, 3.8) is 0 Å². The van der Waals surface area contributed by atoms with Crippen molar-refractivity contribution in [1.29, 1.82) is 5.26 Å². The van der Waals surface area contributed by atoms with Crippen molar-refractivity contribution in [2.24, 2.45) is 0 Å². The van der Waals surface area contributed by atoms with E-state index in [-0.39, 0.29) is 12.2 Å². The van der Waals surface area contributed by atoms with Crippen LogP contribution in [0.3, 0.4) is 0 Å². The summed E-state index contributed by atoms with van der Waals surface area (Å²) in [7, 11) is 0. The van der Waals surface area contributed by atoms with Gasteiger partial charge in [0.2, 0.25) is 0 Å². The third kappa shape index (κ3) is 2.84. The Bertz CT molecular complexity index is 698. The molecule has 0 bridgehead atoms. The monoisotopic (exact) mass is 269 g/mol. The molecule has 0 fully saturated rings. The Morgan fingerprint density at radius 3 is 2.70 bits per heavy atom. The molecule has 0 atom stereocenters. The second-order valence-corrected chi connectivity index (χ2v) is 4.03. The molecule has 0 spiro atoms. The topological polar surface area (TPSA) is 95.1 Å². The van der Waals surface area contributed by atoms with Crippen molar-refractivity contribution in [2.45, 2.75) is 6.54 Å². The Kier molecular flexibility index (Phi) is 3.82. The highest BCUT2D eigenvalue weighted by Crippen LogP contribution is 2.15. The maximum Gasteiger partial charge on any atom is 0.323 e. The van der Waals surface area contributed by atoms with Gasteiger partial charge in [-0.1, -0.05) is 12.1 Å². The summed E-state index contributed by atoms with van der Waals surface area (Å²) in [6, 6.07) is 11.7. The fourth-order valence-electron chi connectivity index (χ4n) is 1.78. The molecule has 2 N–H and O–H groups in total. The molecule has 2 rings (SSSR count). The van der Waals surface area contributed by atoms with Gasteiger partial charge in [-0.15, -0.1) is 0 Å². The number of anilines is 1. The van der Waals surface area contributed by atoms with Crippen LogP contribution < -0.4 is 5.32 Å². The minimum Gasteiger partial charge on any atom is -0.480 e. The molecular formula is C14H11N3O3. The highest BCUT2D eigenvalue weighted by atomic mass is 16.4. The number of carboxylic acid groups (broad SMARTS) is 1. The van der Waals surface area contributed by atoms with Crippen LogP contribution >= 0.6 is 0 Å². The van der Waals surface area contributed by atoms with Crippen molar-refractivity contribution in [1.82, 2.24) is 4.57 Å². The number of para-hydroxylation sites is 1. The van der Waals surface area contributed by atoms with Gasteiger partial charge in [-0.05, 0) is 24.3 Å². The third-order valence-electron chi connectivity index (χ3n) is 2.66. The number of aromatic nitrogens is 1. The number of nitriles is 1. The van der Waals surface area contributed by atoms with Gasteiger partial charge in [-0.2, -0.15) is 5.26 Å². The molecule has 100 valence electrons. The number of carboxylic acids is 1. The molecule has 1 aromatic heterocycles. The molecule has 0 aliphatic carbocycles. The van der Waals surface area contributed by atoms with Gasteiger partial charge in [-0.3, -0.25) is 9.59 Å². The first-order valence-corrected chi connectivity index (χ1v) is 5.79. The van der Waals surface area contributed by atoms with Crippen LogP contribution in [0.25, 0.3) is 0 Å². The second kappa shape index (κ2) is 5.71. The van der Waals surface area contributed by atoms with Gasteiger partial charge in [-0.25, -0.2) is 0 Å². The first-order valence-electron chi connectivity index (χ1n) is 5.79. The summed E-state index contributed by atoms with van der Waals surface area (Å²) in [5, 5.41) is 20.3. The minimum atomic E-state index is -1.03. The molecule has 20 heavy (non-hydrogen) atoms. The van der Waals surface area contributed by atoms with Crippen molar-refractivity contribution in [3.05, 3.63) is 53.9 Å². The van der Waals surface area contributed by atoms with E-state index < -0.39 is 11.9 Å². The van der Waals surface area contributed by atoms with Crippen LogP contribution in [0, 0.1) is 11.3 Å². The van der Waals surface area contributed by atoms with Crippen LogP contribution in [-0.4, -0.2) is 21.6 Å². The smallest absolute Gasteiger partial charge is 0.323 e. The number of hydrogen-bond acceptors (Lipinski definition) is 3. The van der Waals surface area contributed by atoms with Gasteiger partial charge < -0.3 is 15.0 Å². The lowest BCUT2D eigenvalue weighted by Crippen LogP contribution is -2.19. The van der Waals surface area contributed by atoms with Gasteiger partial charge in [0.1, 0.15) is 18.3 Å². The highest BCUT2D eigenvalue weighted by Gasteiger charge is 2.14. The average molecular weight is 269 g/mol. The molecule has 2 aromatic rings. The molecule has 1 heterocycles. The van der Waals surface area contributed by atoms with Crippen molar-refractivity contribution in [2.75, 3.05) is 5.32 Å². The predicted octanol–water partition coefficient (Wildman–Crippen LogP) is 1.70. The molecule has 0 unspecified atom stereocenters. The maximum atomic E-state index is 12.1. The van der Waals surface area contributed by atoms with Gasteiger partial charge in [0, 0.05) is 6.20 Å². The first kappa shape index (κ1) is 13.4. The van der Waals surface area contributed by atoms with Gasteiger partial charge >= 0.3 is 5.97 Å². The van der Waals surface area contributed by atoms with E-state index in [0.717, 1.165) is 0 Å². The number of amides is 1. The van der Waals surface area contributed by atoms with Crippen LogP contribution in [0.15, 0.2) is 42.6 Å². The lowest BCUT2D eigenvalue weighted by Gasteiger charge is -2.09. The zero-order valence-corrected chi connectivity index (χ0v) is 10.4. The molecule has 0 saturated heterocycles. The number of carbonyl (C=O) groups excluding carboxylic acids is 1. The summed E-state index contributed by atoms with van der Waals surface area (Å²) in [6.45, 7) is -0.296. The molecule has 0 saturated carbocycles. The quantitative estimate of drug-likeness (QED) is 0.883. The largest absolute Gasteiger partial charge is 0.480 e. The third-order valence-corrected chi connectivity index (χ3v) is 2.66. The van der Waals surface area contributed by atoms with Crippen LogP contribution in [0.4, 0.5) is 5.69 Å². The Morgan fingerprint density at radius 2 is 2.00 bits per heavy atom. The Balaban J connectivity index is 2.23. The number of aliphatic carboxylic acids is 1. The fraction of sp³-hybridized carbons (Fsp3) is 0.0714. The Morgan fingerprint density at radius 1 is 1.25 bits per heavy atom. The highest BCUT2D eigenvalue weighted by molar-refractivity contribution is 6.04. The first-order chi connectivity index (χ1) is 9.61. The number of rotatable bonds is 4. The van der Waals surface area contributed by atoms with Gasteiger partial charge in [0.25, 0.3) is 5.91 Å². The molecule has 1 aromatic carbocycles. The van der Waals surface area contributed by atoms with E-state index in [2.05, 4.69) is 5.32 Å². The lowest BCUT2D eigenvalue weighted by molar-refractivity contribution is -0.137. The van der Waals surface area contributed by atoms with E-state index in [1.54, 1.807) is 30.3 Å². The van der Waals surface area contributed by atoms with Gasteiger partial charge in [0.05, 0.1) is 11.3 Å². The number of benzene rings is 1. The summed E-state index contributed by atoms with van der Waals surface area (Å²) in [5.41, 5.74) is 0.959. The number of carbonyl (C=O) groups is 2. The normalized spacial score (nSPS) is 9.75. The lowest BCUT2D eigenvalue weighted by atomic mass is 10.2. The number of hydrogen-bond donors (Lipinski definition) is 2. The Labute approximate surface area is 114 Å². The molecule has 0 radical (unpaired) electrons. The minimum absolute atomic E-state index is 0.222. The van der Waals surface area contributed by atoms with Crippen LogP contribution in [0.5, 0.6) is 0 Å². The number of nitrogens with one attached hydrogen (secondary N) is 1. The zero-order chi connectivity index (χ0) is 14.5. The van der Waals surface area contributed by atoms with Crippen molar-refractivity contribution in [3.8, 4) is 6.07 Å². The molecule has 0 aliphatic heterocycles. The standard InChI is InChI=1S/C14H11N3O3/c15-8-10-4-1-2-5-11(10)16-14(20)12-6-3-7-17(12)9-13(18)19/h1-7H,9H2,(H,16,20)(H,18,19). The van der Waals surface area contributed by atoms with E-state index in [9.17, 15) is 9.59 Å². The molecule has 6 nitrogen and oxygen atoms in total.